The quantitative estimate of drug-likeness (QED) is 0.855. The van der Waals surface area contributed by atoms with Crippen LogP contribution in [0.15, 0.2) is 52.0 Å². The Morgan fingerprint density at radius 1 is 1.24 bits per heavy atom. The third kappa shape index (κ3) is 3.50. The van der Waals surface area contributed by atoms with Crippen LogP contribution in [0, 0.1) is 0 Å². The number of rotatable bonds is 5. The highest BCUT2D eigenvalue weighted by atomic mass is 32.2. The van der Waals surface area contributed by atoms with Gasteiger partial charge in [0.25, 0.3) is 0 Å². The molecule has 0 aliphatic rings. The van der Waals surface area contributed by atoms with E-state index < -0.39 is 22.0 Å². The van der Waals surface area contributed by atoms with Gasteiger partial charge in [-0.2, -0.15) is 0 Å². The monoisotopic (exact) mass is 309 g/mol. The van der Waals surface area contributed by atoms with Crippen LogP contribution in [0.4, 0.5) is 0 Å². The number of hydrogen-bond donors (Lipinski definition) is 1. The van der Waals surface area contributed by atoms with Crippen LogP contribution in [-0.4, -0.2) is 21.5 Å². The number of carbonyl (C=O) groups excluding carboxylic acids is 1. The maximum Gasteiger partial charge on any atom is 0.337 e. The van der Waals surface area contributed by atoms with E-state index in [1.165, 1.54) is 37.6 Å². The summed E-state index contributed by atoms with van der Waals surface area (Å²) in [6, 6.07) is 8.38. The maximum atomic E-state index is 12.2. The Kier molecular flexibility index (Phi) is 4.44. The zero-order valence-electron chi connectivity index (χ0n) is 11.6. The fourth-order valence-corrected chi connectivity index (χ4v) is 3.00. The number of nitrogens with one attached hydrogen (secondary N) is 1. The van der Waals surface area contributed by atoms with Crippen molar-refractivity contribution in [3.63, 3.8) is 0 Å². The van der Waals surface area contributed by atoms with E-state index in [0.29, 0.717) is 5.76 Å². The van der Waals surface area contributed by atoms with Crippen molar-refractivity contribution in [2.45, 2.75) is 17.9 Å². The van der Waals surface area contributed by atoms with Gasteiger partial charge in [-0.15, -0.1) is 0 Å². The lowest BCUT2D eigenvalue weighted by molar-refractivity contribution is 0.0600. The van der Waals surface area contributed by atoms with Crippen molar-refractivity contribution in [3.8, 4) is 0 Å². The number of ether oxygens (including phenoxy) is 1. The second-order valence-electron chi connectivity index (χ2n) is 4.37. The average Bonchev–Trinajstić information content (AvgIpc) is 3.00. The van der Waals surface area contributed by atoms with Crippen LogP contribution in [0.25, 0.3) is 0 Å². The topological polar surface area (TPSA) is 85.6 Å². The molecule has 0 bridgehead atoms. The van der Waals surface area contributed by atoms with Gasteiger partial charge < -0.3 is 9.15 Å². The smallest absolute Gasteiger partial charge is 0.337 e. The number of benzene rings is 1. The third-order valence-corrected chi connectivity index (χ3v) is 4.44. The van der Waals surface area contributed by atoms with E-state index >= 15 is 0 Å². The lowest BCUT2D eigenvalue weighted by Gasteiger charge is -2.12. The molecule has 2 aromatic rings. The fourth-order valence-electron chi connectivity index (χ4n) is 1.78. The van der Waals surface area contributed by atoms with Crippen molar-refractivity contribution in [2.75, 3.05) is 7.11 Å². The Hall–Kier alpha value is -2.12. The van der Waals surface area contributed by atoms with Gasteiger partial charge in [0.2, 0.25) is 10.0 Å². The number of methoxy groups -OCH3 is 1. The van der Waals surface area contributed by atoms with Crippen molar-refractivity contribution >= 4 is 16.0 Å². The Morgan fingerprint density at radius 3 is 2.43 bits per heavy atom. The first-order valence-corrected chi connectivity index (χ1v) is 7.66. The second-order valence-corrected chi connectivity index (χ2v) is 6.09. The third-order valence-electron chi connectivity index (χ3n) is 2.89. The molecule has 1 atom stereocenters. The summed E-state index contributed by atoms with van der Waals surface area (Å²) in [6.45, 7) is 1.68. The van der Waals surface area contributed by atoms with E-state index in [4.69, 9.17) is 4.42 Å². The van der Waals surface area contributed by atoms with Gasteiger partial charge in [0.1, 0.15) is 5.76 Å². The highest BCUT2D eigenvalue weighted by molar-refractivity contribution is 7.89. The van der Waals surface area contributed by atoms with E-state index in [-0.39, 0.29) is 10.5 Å². The number of carbonyl (C=O) groups is 1. The predicted molar refractivity (Wildman–Crippen MR) is 75.2 cm³/mol. The first kappa shape index (κ1) is 15.3. The van der Waals surface area contributed by atoms with Gasteiger partial charge in [0, 0.05) is 0 Å². The molecule has 7 heteroatoms. The van der Waals surface area contributed by atoms with Crippen LogP contribution >= 0.6 is 0 Å². The number of hydrogen-bond acceptors (Lipinski definition) is 5. The molecule has 0 aliphatic heterocycles. The van der Waals surface area contributed by atoms with Crippen LogP contribution in [0.5, 0.6) is 0 Å². The van der Waals surface area contributed by atoms with Crippen LogP contribution < -0.4 is 4.72 Å². The molecule has 1 aromatic carbocycles. The van der Waals surface area contributed by atoms with Crippen LogP contribution in [0.3, 0.4) is 0 Å². The van der Waals surface area contributed by atoms with E-state index in [2.05, 4.69) is 9.46 Å². The summed E-state index contributed by atoms with van der Waals surface area (Å²) in [5, 5.41) is 0. The SMILES string of the molecule is COC(=O)c1ccc(S(=O)(=O)N[C@@H](C)c2ccco2)cc1. The summed E-state index contributed by atoms with van der Waals surface area (Å²) < 4.78 is 36.7. The van der Waals surface area contributed by atoms with Gasteiger partial charge >= 0.3 is 5.97 Å². The van der Waals surface area contributed by atoms with Crippen molar-refractivity contribution in [1.29, 1.82) is 0 Å². The van der Waals surface area contributed by atoms with Gasteiger partial charge in [-0.3, -0.25) is 0 Å². The van der Waals surface area contributed by atoms with Gasteiger partial charge in [0.15, 0.2) is 0 Å². The number of sulfonamides is 1. The summed E-state index contributed by atoms with van der Waals surface area (Å²) in [7, 11) is -2.43. The minimum Gasteiger partial charge on any atom is -0.468 e. The van der Waals surface area contributed by atoms with E-state index in [1.54, 1.807) is 19.1 Å². The van der Waals surface area contributed by atoms with Gasteiger partial charge in [-0.1, -0.05) is 0 Å². The molecule has 0 radical (unpaired) electrons. The molecular weight excluding hydrogens is 294 g/mol. The molecule has 112 valence electrons. The minimum atomic E-state index is -3.70. The van der Waals surface area contributed by atoms with E-state index in [9.17, 15) is 13.2 Å². The summed E-state index contributed by atoms with van der Waals surface area (Å²) in [6.07, 6.45) is 1.48. The molecule has 21 heavy (non-hydrogen) atoms. The van der Waals surface area contributed by atoms with Gasteiger partial charge in [-0.25, -0.2) is 17.9 Å². The Balaban J connectivity index is 2.18. The molecule has 0 saturated heterocycles. The standard InChI is InChI=1S/C14H15NO5S/c1-10(13-4-3-9-20-13)15-21(17,18)12-7-5-11(6-8-12)14(16)19-2/h3-10,15H,1-2H3/t10-/m0/s1. The molecule has 0 unspecified atom stereocenters. The van der Waals surface area contributed by atoms with E-state index in [1.807, 2.05) is 0 Å². The molecule has 2 rings (SSSR count). The molecule has 0 fully saturated rings. The van der Waals surface area contributed by atoms with Crippen LogP contribution in [0.1, 0.15) is 29.1 Å². The van der Waals surface area contributed by atoms with Crippen molar-refractivity contribution in [3.05, 3.63) is 54.0 Å². The average molecular weight is 309 g/mol. The largest absolute Gasteiger partial charge is 0.468 e. The normalized spacial score (nSPS) is 12.9. The van der Waals surface area contributed by atoms with Crippen LogP contribution in [-0.2, 0) is 14.8 Å². The molecule has 6 nitrogen and oxygen atoms in total. The highest BCUT2D eigenvalue weighted by Gasteiger charge is 2.20. The molecule has 1 heterocycles. The summed E-state index contributed by atoms with van der Waals surface area (Å²) in [5.41, 5.74) is 0.288. The predicted octanol–water partition coefficient (Wildman–Crippen LogP) is 2.11. The van der Waals surface area contributed by atoms with Gasteiger partial charge in [0.05, 0.1) is 29.9 Å². The number of esters is 1. The number of furan rings is 1. The maximum absolute atomic E-state index is 12.2. The summed E-state index contributed by atoms with van der Waals surface area (Å²) >= 11 is 0. The highest BCUT2D eigenvalue weighted by Crippen LogP contribution is 2.17. The second kappa shape index (κ2) is 6.11. The molecule has 1 N–H and O–H groups in total. The lowest BCUT2D eigenvalue weighted by atomic mass is 10.2. The molecule has 0 amide bonds. The molecule has 0 saturated carbocycles. The first-order chi connectivity index (χ1) is 9.94. The zero-order chi connectivity index (χ0) is 15.5. The Bertz CT molecular complexity index is 704. The lowest BCUT2D eigenvalue weighted by Crippen LogP contribution is -2.26. The molecular formula is C14H15NO5S. The van der Waals surface area contributed by atoms with Gasteiger partial charge in [-0.05, 0) is 43.3 Å². The molecule has 0 aliphatic carbocycles. The zero-order valence-corrected chi connectivity index (χ0v) is 12.4. The Labute approximate surface area is 122 Å². The molecule has 0 spiro atoms. The minimum absolute atomic E-state index is 0.0635. The van der Waals surface area contributed by atoms with Crippen LogP contribution in [0.2, 0.25) is 0 Å². The summed E-state index contributed by atoms with van der Waals surface area (Å²) in [5.74, 6) is 0.000571. The van der Waals surface area contributed by atoms with E-state index in [0.717, 1.165) is 0 Å². The van der Waals surface area contributed by atoms with Crippen molar-refractivity contribution in [2.24, 2.45) is 0 Å². The van der Waals surface area contributed by atoms with Crippen molar-refractivity contribution < 1.29 is 22.4 Å². The molecule has 1 aromatic heterocycles. The fraction of sp³-hybridized carbons (Fsp3) is 0.214. The Morgan fingerprint density at radius 2 is 1.90 bits per heavy atom. The first-order valence-electron chi connectivity index (χ1n) is 6.18. The summed E-state index contributed by atoms with van der Waals surface area (Å²) in [4.78, 5) is 11.4. The van der Waals surface area contributed by atoms with Crippen molar-refractivity contribution in [1.82, 2.24) is 4.72 Å².